The van der Waals surface area contributed by atoms with Crippen molar-refractivity contribution >= 4 is 16.9 Å². The van der Waals surface area contributed by atoms with E-state index in [4.69, 9.17) is 4.52 Å². The average Bonchev–Trinajstić information content (AvgIpc) is 2.97. The Labute approximate surface area is 108 Å². The maximum Gasteiger partial charge on any atom is 0.263 e. The van der Waals surface area contributed by atoms with Crippen molar-refractivity contribution in [3.05, 3.63) is 23.7 Å². The van der Waals surface area contributed by atoms with Crippen LogP contribution in [0.3, 0.4) is 0 Å². The lowest BCUT2D eigenvalue weighted by molar-refractivity contribution is 0.442. The van der Waals surface area contributed by atoms with Crippen LogP contribution in [-0.2, 0) is 0 Å². The molecule has 8 nitrogen and oxygen atoms in total. The van der Waals surface area contributed by atoms with Crippen LogP contribution in [0.4, 0.5) is 5.82 Å². The molecule has 0 radical (unpaired) electrons. The van der Waals surface area contributed by atoms with Crippen molar-refractivity contribution in [2.45, 2.75) is 26.8 Å². The molecule has 0 aliphatic heterocycles. The van der Waals surface area contributed by atoms with Crippen molar-refractivity contribution in [2.24, 2.45) is 0 Å². The van der Waals surface area contributed by atoms with Gasteiger partial charge in [0.1, 0.15) is 23.4 Å². The lowest BCUT2D eigenvalue weighted by Gasteiger charge is -2.11. The third-order valence-corrected chi connectivity index (χ3v) is 2.80. The normalized spacial score (nSPS) is 12.8. The van der Waals surface area contributed by atoms with Gasteiger partial charge in [-0.05, 0) is 20.8 Å². The van der Waals surface area contributed by atoms with Gasteiger partial charge in [-0.2, -0.15) is 10.1 Å². The van der Waals surface area contributed by atoms with Gasteiger partial charge in [0.05, 0.1) is 11.7 Å². The molecule has 0 fully saturated rings. The molecule has 3 rings (SSSR count). The minimum absolute atomic E-state index is 0.0858. The molecule has 3 heterocycles. The molecular weight excluding hydrogens is 246 g/mol. The van der Waals surface area contributed by atoms with E-state index in [1.807, 2.05) is 20.8 Å². The Hall–Kier alpha value is -2.51. The maximum atomic E-state index is 5.10. The molecule has 0 bridgehead atoms. The first-order chi connectivity index (χ1) is 9.15. The number of nitrogens with zero attached hydrogens (tertiary/aromatic N) is 5. The monoisotopic (exact) mass is 259 g/mol. The molecular formula is C11H13N7O. The SMILES string of the molecule is Cc1nc(C(C)Nc2ncnc3onc(C)c23)n[nH]1. The highest BCUT2D eigenvalue weighted by molar-refractivity contribution is 5.87. The third kappa shape index (κ3) is 2.01. The van der Waals surface area contributed by atoms with E-state index >= 15 is 0 Å². The summed E-state index contributed by atoms with van der Waals surface area (Å²) in [5.74, 6) is 2.12. The molecule has 0 aliphatic rings. The Kier molecular flexibility index (Phi) is 2.62. The standard InChI is InChI=1S/C11H13N7O/c1-5-8-10(12-4-13-11(8)19-18-5)14-6(2)9-15-7(3)16-17-9/h4,6H,1-3H3,(H,12,13,14)(H,15,16,17). The molecule has 1 unspecified atom stereocenters. The summed E-state index contributed by atoms with van der Waals surface area (Å²) in [6.07, 6.45) is 1.44. The summed E-state index contributed by atoms with van der Waals surface area (Å²) in [5.41, 5.74) is 1.21. The highest BCUT2D eigenvalue weighted by atomic mass is 16.5. The van der Waals surface area contributed by atoms with E-state index in [9.17, 15) is 0 Å². The van der Waals surface area contributed by atoms with Crippen molar-refractivity contribution in [1.29, 1.82) is 0 Å². The molecule has 19 heavy (non-hydrogen) atoms. The summed E-state index contributed by atoms with van der Waals surface area (Å²) in [6.45, 7) is 5.66. The predicted octanol–water partition coefficient (Wildman–Crippen LogP) is 1.53. The number of hydrogen-bond acceptors (Lipinski definition) is 7. The van der Waals surface area contributed by atoms with Gasteiger partial charge in [0, 0.05) is 0 Å². The number of fused-ring (bicyclic) bond motifs is 1. The van der Waals surface area contributed by atoms with Crippen LogP contribution in [0.2, 0.25) is 0 Å². The zero-order chi connectivity index (χ0) is 13.4. The summed E-state index contributed by atoms with van der Waals surface area (Å²) < 4.78 is 5.10. The second kappa shape index (κ2) is 4.30. The van der Waals surface area contributed by atoms with Crippen molar-refractivity contribution in [1.82, 2.24) is 30.3 Å². The summed E-state index contributed by atoms with van der Waals surface area (Å²) in [5, 5.41) is 14.8. The zero-order valence-electron chi connectivity index (χ0n) is 10.8. The van der Waals surface area contributed by atoms with Gasteiger partial charge in [0.2, 0.25) is 0 Å². The van der Waals surface area contributed by atoms with Gasteiger partial charge in [-0.15, -0.1) is 0 Å². The highest BCUT2D eigenvalue weighted by Crippen LogP contribution is 2.25. The fraction of sp³-hybridized carbons (Fsp3) is 0.364. The fourth-order valence-corrected chi connectivity index (χ4v) is 1.85. The zero-order valence-corrected chi connectivity index (χ0v) is 10.8. The molecule has 3 aromatic heterocycles. The minimum Gasteiger partial charge on any atom is -0.359 e. The molecule has 3 aromatic rings. The van der Waals surface area contributed by atoms with E-state index < -0.39 is 0 Å². The van der Waals surface area contributed by atoms with E-state index in [-0.39, 0.29) is 6.04 Å². The van der Waals surface area contributed by atoms with Gasteiger partial charge in [0.25, 0.3) is 5.71 Å². The smallest absolute Gasteiger partial charge is 0.263 e. The number of nitrogens with one attached hydrogen (secondary N) is 2. The van der Waals surface area contributed by atoms with Gasteiger partial charge < -0.3 is 9.84 Å². The topological polar surface area (TPSA) is 105 Å². The molecule has 2 N–H and O–H groups in total. The summed E-state index contributed by atoms with van der Waals surface area (Å²) in [4.78, 5) is 12.5. The average molecular weight is 259 g/mol. The van der Waals surface area contributed by atoms with Crippen LogP contribution in [0.15, 0.2) is 10.9 Å². The third-order valence-electron chi connectivity index (χ3n) is 2.80. The Balaban J connectivity index is 1.95. The predicted molar refractivity (Wildman–Crippen MR) is 67.5 cm³/mol. The number of rotatable bonds is 3. The summed E-state index contributed by atoms with van der Waals surface area (Å²) >= 11 is 0. The molecule has 0 aliphatic carbocycles. The van der Waals surface area contributed by atoms with Crippen LogP contribution >= 0.6 is 0 Å². The molecule has 98 valence electrons. The van der Waals surface area contributed by atoms with E-state index in [0.717, 1.165) is 16.9 Å². The van der Waals surface area contributed by atoms with Gasteiger partial charge >= 0.3 is 0 Å². The fourth-order valence-electron chi connectivity index (χ4n) is 1.85. The number of hydrogen-bond donors (Lipinski definition) is 2. The van der Waals surface area contributed by atoms with Crippen LogP contribution in [0, 0.1) is 13.8 Å². The Morgan fingerprint density at radius 2 is 2.16 bits per heavy atom. The summed E-state index contributed by atoms with van der Waals surface area (Å²) in [7, 11) is 0. The first-order valence-electron chi connectivity index (χ1n) is 5.87. The molecule has 0 amide bonds. The second-order valence-corrected chi connectivity index (χ2v) is 4.32. The Bertz CT molecular complexity index is 717. The number of aryl methyl sites for hydroxylation is 2. The Morgan fingerprint density at radius 1 is 1.32 bits per heavy atom. The Morgan fingerprint density at radius 3 is 2.89 bits per heavy atom. The van der Waals surface area contributed by atoms with Crippen LogP contribution in [-0.4, -0.2) is 30.3 Å². The van der Waals surface area contributed by atoms with Gasteiger partial charge in [-0.1, -0.05) is 5.16 Å². The molecule has 0 saturated heterocycles. The first kappa shape index (κ1) is 11.6. The van der Waals surface area contributed by atoms with Crippen LogP contribution in [0.25, 0.3) is 11.1 Å². The summed E-state index contributed by atoms with van der Waals surface area (Å²) in [6, 6.07) is -0.0858. The second-order valence-electron chi connectivity index (χ2n) is 4.32. The van der Waals surface area contributed by atoms with Crippen LogP contribution in [0.5, 0.6) is 0 Å². The van der Waals surface area contributed by atoms with Crippen LogP contribution in [0.1, 0.15) is 30.3 Å². The largest absolute Gasteiger partial charge is 0.359 e. The number of H-pyrrole nitrogens is 1. The molecule has 1 atom stereocenters. The number of aromatic nitrogens is 6. The first-order valence-corrected chi connectivity index (χ1v) is 5.87. The minimum atomic E-state index is -0.0858. The lowest BCUT2D eigenvalue weighted by Crippen LogP contribution is -2.10. The van der Waals surface area contributed by atoms with Gasteiger partial charge in [0.15, 0.2) is 5.82 Å². The van der Waals surface area contributed by atoms with E-state index in [2.05, 4.69) is 35.6 Å². The number of anilines is 1. The molecule has 0 spiro atoms. The van der Waals surface area contributed by atoms with Gasteiger partial charge in [-0.25, -0.2) is 9.97 Å². The molecule has 0 aromatic carbocycles. The maximum absolute atomic E-state index is 5.10. The highest BCUT2D eigenvalue weighted by Gasteiger charge is 2.16. The van der Waals surface area contributed by atoms with Crippen molar-refractivity contribution in [3.63, 3.8) is 0 Å². The van der Waals surface area contributed by atoms with Crippen molar-refractivity contribution in [2.75, 3.05) is 5.32 Å². The van der Waals surface area contributed by atoms with E-state index in [0.29, 0.717) is 17.4 Å². The van der Waals surface area contributed by atoms with E-state index in [1.165, 1.54) is 6.33 Å². The van der Waals surface area contributed by atoms with E-state index in [1.54, 1.807) is 0 Å². The molecule has 8 heteroatoms. The quantitative estimate of drug-likeness (QED) is 0.734. The lowest BCUT2D eigenvalue weighted by atomic mass is 10.2. The molecule has 0 saturated carbocycles. The van der Waals surface area contributed by atoms with Crippen molar-refractivity contribution < 1.29 is 4.52 Å². The van der Waals surface area contributed by atoms with Crippen LogP contribution < -0.4 is 5.32 Å². The number of aromatic amines is 1. The van der Waals surface area contributed by atoms with Gasteiger partial charge in [-0.3, -0.25) is 5.10 Å². The van der Waals surface area contributed by atoms with Crippen molar-refractivity contribution in [3.8, 4) is 0 Å².